The molecule has 2 atom stereocenters. The molecule has 7 nitrogen and oxygen atoms in total. The molecule has 1 aromatic carbocycles. The van der Waals surface area contributed by atoms with Crippen molar-refractivity contribution in [2.75, 3.05) is 7.11 Å². The van der Waals surface area contributed by atoms with Crippen LogP contribution in [0.25, 0.3) is 0 Å². The summed E-state index contributed by atoms with van der Waals surface area (Å²) in [5, 5.41) is 8.73. The summed E-state index contributed by atoms with van der Waals surface area (Å²) in [5.41, 5.74) is 10.4. The summed E-state index contributed by atoms with van der Waals surface area (Å²) in [6, 6.07) is 4.70. The zero-order valence-electron chi connectivity index (χ0n) is 9.70. The van der Waals surface area contributed by atoms with E-state index in [1.54, 1.807) is 12.1 Å². The Kier molecular flexibility index (Phi) is 4.50. The van der Waals surface area contributed by atoms with Gasteiger partial charge in [0.1, 0.15) is 17.5 Å². The largest absolute Gasteiger partial charge is 0.497 e. The minimum Gasteiger partial charge on any atom is -0.497 e. The Morgan fingerprint density at radius 1 is 1.22 bits per heavy atom. The second-order valence-corrected chi connectivity index (χ2v) is 3.48. The first-order valence-electron chi connectivity index (χ1n) is 5.04. The second kappa shape index (κ2) is 5.87. The van der Waals surface area contributed by atoms with Crippen LogP contribution in [0.15, 0.2) is 24.3 Å². The number of carboxylic acids is 1. The Hall–Kier alpha value is -2.28. The zero-order chi connectivity index (χ0) is 13.7. The monoisotopic (exact) mass is 254 g/mol. The molecule has 0 spiro atoms. The van der Waals surface area contributed by atoms with Gasteiger partial charge < -0.3 is 26.0 Å². The predicted octanol–water partition coefficient (Wildman–Crippen LogP) is -0.660. The van der Waals surface area contributed by atoms with E-state index in [2.05, 4.69) is 0 Å². The molecule has 0 bridgehead atoms. The van der Waals surface area contributed by atoms with Crippen LogP contribution >= 0.6 is 0 Å². The smallest absolute Gasteiger partial charge is 0.324 e. The van der Waals surface area contributed by atoms with Gasteiger partial charge in [-0.25, -0.2) is 0 Å². The van der Waals surface area contributed by atoms with Crippen LogP contribution in [0.1, 0.15) is 0 Å². The molecule has 0 aliphatic rings. The van der Waals surface area contributed by atoms with Crippen LogP contribution in [0.3, 0.4) is 0 Å². The van der Waals surface area contributed by atoms with Gasteiger partial charge in [0, 0.05) is 0 Å². The van der Waals surface area contributed by atoms with Gasteiger partial charge in [-0.05, 0) is 24.3 Å². The number of primary amides is 1. The predicted molar refractivity (Wildman–Crippen MR) is 62.2 cm³/mol. The standard InChI is InChI=1S/C11H14N2O5/c1-17-6-2-4-7(5-3-6)18-9(10(13)14)8(12)11(15)16/h2-5,8-9H,12H2,1H3,(H2,13,14)(H,15,16). The number of carbonyl (C=O) groups excluding carboxylic acids is 1. The lowest BCUT2D eigenvalue weighted by Gasteiger charge is -2.19. The maximum Gasteiger partial charge on any atom is 0.324 e. The number of methoxy groups -OCH3 is 1. The molecule has 1 amide bonds. The van der Waals surface area contributed by atoms with Crippen molar-refractivity contribution in [3.8, 4) is 11.5 Å². The lowest BCUT2D eigenvalue weighted by molar-refractivity contribution is -0.144. The average molecular weight is 254 g/mol. The molecule has 0 aliphatic heterocycles. The highest BCUT2D eigenvalue weighted by Gasteiger charge is 2.31. The van der Waals surface area contributed by atoms with Gasteiger partial charge in [0.05, 0.1) is 7.11 Å². The fourth-order valence-corrected chi connectivity index (χ4v) is 1.24. The Bertz CT molecular complexity index is 432. The highest BCUT2D eigenvalue weighted by Crippen LogP contribution is 2.18. The van der Waals surface area contributed by atoms with Crippen molar-refractivity contribution in [3.63, 3.8) is 0 Å². The van der Waals surface area contributed by atoms with E-state index in [1.165, 1.54) is 19.2 Å². The number of amides is 1. The van der Waals surface area contributed by atoms with Crippen molar-refractivity contribution >= 4 is 11.9 Å². The fraction of sp³-hybridized carbons (Fsp3) is 0.273. The molecule has 0 heterocycles. The number of aliphatic carboxylic acids is 1. The molecule has 5 N–H and O–H groups in total. The molecule has 0 saturated heterocycles. The van der Waals surface area contributed by atoms with Crippen LogP contribution in [0.4, 0.5) is 0 Å². The third-order valence-corrected chi connectivity index (χ3v) is 2.21. The number of carboxylic acid groups (broad SMARTS) is 1. The van der Waals surface area contributed by atoms with Crippen LogP contribution in [-0.4, -0.2) is 36.2 Å². The third kappa shape index (κ3) is 3.36. The van der Waals surface area contributed by atoms with Crippen LogP contribution in [0.5, 0.6) is 11.5 Å². The number of benzene rings is 1. The summed E-state index contributed by atoms with van der Waals surface area (Å²) < 4.78 is 10.1. The highest BCUT2D eigenvalue weighted by atomic mass is 16.5. The minimum atomic E-state index is -1.52. The molecule has 7 heteroatoms. The van der Waals surface area contributed by atoms with E-state index in [-0.39, 0.29) is 5.75 Å². The lowest BCUT2D eigenvalue weighted by Crippen LogP contribution is -2.52. The fourth-order valence-electron chi connectivity index (χ4n) is 1.24. The first-order chi connectivity index (χ1) is 8.45. The van der Waals surface area contributed by atoms with E-state index in [4.69, 9.17) is 26.0 Å². The Morgan fingerprint density at radius 3 is 2.11 bits per heavy atom. The number of hydrogen-bond acceptors (Lipinski definition) is 5. The molecule has 0 fully saturated rings. The molecule has 0 saturated carbocycles. The van der Waals surface area contributed by atoms with Gasteiger partial charge in [0.15, 0.2) is 0 Å². The van der Waals surface area contributed by atoms with E-state index in [1.807, 2.05) is 0 Å². The maximum atomic E-state index is 11.1. The SMILES string of the molecule is COc1ccc(OC(C(N)=O)C(N)C(=O)O)cc1. The number of ether oxygens (including phenoxy) is 2. The summed E-state index contributed by atoms with van der Waals surface area (Å²) in [5.74, 6) is -1.44. The van der Waals surface area contributed by atoms with Crippen molar-refractivity contribution in [2.24, 2.45) is 11.5 Å². The Morgan fingerprint density at radius 2 is 1.72 bits per heavy atom. The highest BCUT2D eigenvalue weighted by molar-refractivity contribution is 5.87. The number of nitrogens with two attached hydrogens (primary N) is 2. The molecule has 0 aromatic heterocycles. The van der Waals surface area contributed by atoms with Crippen molar-refractivity contribution in [2.45, 2.75) is 12.1 Å². The van der Waals surface area contributed by atoms with Gasteiger partial charge in [-0.15, -0.1) is 0 Å². The molecular formula is C11H14N2O5. The topological polar surface area (TPSA) is 125 Å². The molecule has 18 heavy (non-hydrogen) atoms. The molecule has 98 valence electrons. The third-order valence-electron chi connectivity index (χ3n) is 2.21. The lowest BCUT2D eigenvalue weighted by atomic mass is 10.1. The zero-order valence-corrected chi connectivity index (χ0v) is 9.70. The first kappa shape index (κ1) is 13.8. The van der Waals surface area contributed by atoms with Gasteiger partial charge >= 0.3 is 5.97 Å². The number of carbonyl (C=O) groups is 2. The van der Waals surface area contributed by atoms with E-state index in [9.17, 15) is 9.59 Å². The van der Waals surface area contributed by atoms with Crippen molar-refractivity contribution in [3.05, 3.63) is 24.3 Å². The van der Waals surface area contributed by atoms with Crippen LogP contribution < -0.4 is 20.9 Å². The van der Waals surface area contributed by atoms with Crippen molar-refractivity contribution in [1.29, 1.82) is 0 Å². The van der Waals surface area contributed by atoms with Gasteiger partial charge in [0.25, 0.3) is 5.91 Å². The molecule has 0 aliphatic carbocycles. The van der Waals surface area contributed by atoms with E-state index in [0.717, 1.165) is 0 Å². The Balaban J connectivity index is 2.83. The van der Waals surface area contributed by atoms with Crippen LogP contribution in [0, 0.1) is 0 Å². The van der Waals surface area contributed by atoms with Gasteiger partial charge in [-0.1, -0.05) is 0 Å². The molecule has 1 rings (SSSR count). The number of hydrogen-bond donors (Lipinski definition) is 3. The van der Waals surface area contributed by atoms with Crippen molar-refractivity contribution < 1.29 is 24.2 Å². The van der Waals surface area contributed by atoms with Gasteiger partial charge in [-0.2, -0.15) is 0 Å². The van der Waals surface area contributed by atoms with Crippen LogP contribution in [-0.2, 0) is 9.59 Å². The second-order valence-electron chi connectivity index (χ2n) is 3.48. The molecular weight excluding hydrogens is 240 g/mol. The number of rotatable bonds is 6. The van der Waals surface area contributed by atoms with Gasteiger partial charge in [-0.3, -0.25) is 9.59 Å². The van der Waals surface area contributed by atoms with E-state index < -0.39 is 24.0 Å². The van der Waals surface area contributed by atoms with E-state index >= 15 is 0 Å². The summed E-state index contributed by atoms with van der Waals surface area (Å²) in [4.78, 5) is 21.8. The van der Waals surface area contributed by atoms with Gasteiger partial charge in [0.2, 0.25) is 6.10 Å². The Labute approximate surface area is 103 Å². The first-order valence-corrected chi connectivity index (χ1v) is 5.04. The summed E-state index contributed by atoms with van der Waals surface area (Å²) in [6.07, 6.45) is -1.43. The summed E-state index contributed by atoms with van der Waals surface area (Å²) in [7, 11) is 1.50. The molecule has 0 radical (unpaired) electrons. The summed E-state index contributed by atoms with van der Waals surface area (Å²) >= 11 is 0. The minimum absolute atomic E-state index is 0.274. The maximum absolute atomic E-state index is 11.1. The normalized spacial score (nSPS) is 13.4. The van der Waals surface area contributed by atoms with Crippen LogP contribution in [0.2, 0.25) is 0 Å². The quantitative estimate of drug-likeness (QED) is 0.618. The molecule has 1 aromatic rings. The molecule has 2 unspecified atom stereocenters. The summed E-state index contributed by atoms with van der Waals surface area (Å²) in [6.45, 7) is 0. The average Bonchev–Trinajstić information content (AvgIpc) is 2.35. The van der Waals surface area contributed by atoms with E-state index in [0.29, 0.717) is 5.75 Å². The van der Waals surface area contributed by atoms with Crippen molar-refractivity contribution in [1.82, 2.24) is 0 Å².